The van der Waals surface area contributed by atoms with E-state index < -0.39 is 0 Å². The van der Waals surface area contributed by atoms with Crippen molar-refractivity contribution in [1.29, 1.82) is 0 Å². The van der Waals surface area contributed by atoms with Crippen LogP contribution in [0.5, 0.6) is 0 Å². The number of amides is 1. The minimum absolute atomic E-state index is 0. The van der Waals surface area contributed by atoms with E-state index in [1.54, 1.807) is 0 Å². The summed E-state index contributed by atoms with van der Waals surface area (Å²) in [5.74, 6) is 0.129. The van der Waals surface area contributed by atoms with E-state index in [9.17, 15) is 4.79 Å². The Kier molecular flexibility index (Phi) is 9.02. The maximum absolute atomic E-state index is 12.3. The van der Waals surface area contributed by atoms with Gasteiger partial charge in [0.25, 0.3) is 5.91 Å². The first-order valence-electron chi connectivity index (χ1n) is 6.89. The van der Waals surface area contributed by atoms with E-state index in [1.165, 1.54) is 0 Å². The van der Waals surface area contributed by atoms with Gasteiger partial charge in [0.2, 0.25) is 0 Å². The van der Waals surface area contributed by atoms with Crippen molar-refractivity contribution in [3.05, 3.63) is 0 Å². The zero-order chi connectivity index (χ0) is 13.1. The van der Waals surface area contributed by atoms with Crippen LogP contribution in [-0.2, 0) is 9.53 Å². The van der Waals surface area contributed by atoms with Gasteiger partial charge < -0.3 is 19.9 Å². The number of morpholine rings is 1. The van der Waals surface area contributed by atoms with Gasteiger partial charge >= 0.3 is 0 Å². The number of hydrogen-bond acceptors (Lipinski definition) is 4. The topological polar surface area (TPSA) is 44.8 Å². The van der Waals surface area contributed by atoms with E-state index >= 15 is 0 Å². The molecule has 7 heteroatoms. The molecule has 0 aliphatic carbocycles. The van der Waals surface area contributed by atoms with Crippen molar-refractivity contribution < 1.29 is 9.53 Å². The first-order valence-corrected chi connectivity index (χ1v) is 6.89. The van der Waals surface area contributed by atoms with Gasteiger partial charge in [0, 0.05) is 38.8 Å². The van der Waals surface area contributed by atoms with Crippen LogP contribution in [0.3, 0.4) is 0 Å². The second-order valence-corrected chi connectivity index (χ2v) is 5.52. The molecule has 2 fully saturated rings. The summed E-state index contributed by atoms with van der Waals surface area (Å²) in [5, 5.41) is 3.21. The molecule has 0 spiro atoms. The number of rotatable bonds is 2. The van der Waals surface area contributed by atoms with Gasteiger partial charge in [0.05, 0.1) is 6.61 Å². The molecule has 5 nitrogen and oxygen atoms in total. The van der Waals surface area contributed by atoms with Crippen LogP contribution in [-0.4, -0.2) is 74.2 Å². The molecule has 0 saturated carbocycles. The molecule has 0 radical (unpaired) electrons. The number of nitrogens with one attached hydrogen (secondary N) is 1. The van der Waals surface area contributed by atoms with E-state index in [4.69, 9.17) is 4.74 Å². The smallest absolute Gasteiger partial charge is 0.253 e. The normalized spacial score (nSPS) is 30.9. The minimum Gasteiger partial charge on any atom is -0.366 e. The van der Waals surface area contributed by atoms with Crippen molar-refractivity contribution in [2.45, 2.75) is 38.0 Å². The number of likely N-dealkylation sites (N-methyl/N-ethyl adjacent to an activating group) is 1. The average molecular weight is 328 g/mol. The van der Waals surface area contributed by atoms with Gasteiger partial charge in [-0.15, -0.1) is 24.8 Å². The van der Waals surface area contributed by atoms with Gasteiger partial charge in [0.1, 0.15) is 6.10 Å². The third-order valence-corrected chi connectivity index (χ3v) is 4.28. The maximum atomic E-state index is 12.3. The van der Waals surface area contributed by atoms with Crippen LogP contribution in [0, 0.1) is 0 Å². The summed E-state index contributed by atoms with van der Waals surface area (Å²) in [6.07, 6.45) is 1.82. The lowest BCUT2D eigenvalue weighted by atomic mass is 9.97. The Labute approximate surface area is 134 Å². The fraction of sp³-hybridized carbons (Fsp3) is 0.923. The molecule has 120 valence electrons. The Balaban J connectivity index is 0.00000180. The highest BCUT2D eigenvalue weighted by Crippen LogP contribution is 2.20. The summed E-state index contributed by atoms with van der Waals surface area (Å²) in [6, 6.07) is 0.902. The molecule has 2 rings (SSSR count). The fourth-order valence-electron chi connectivity index (χ4n) is 2.75. The largest absolute Gasteiger partial charge is 0.366 e. The van der Waals surface area contributed by atoms with Gasteiger partial charge in [-0.05, 0) is 26.8 Å². The van der Waals surface area contributed by atoms with Gasteiger partial charge in [-0.3, -0.25) is 4.79 Å². The number of hydrogen-bond donors (Lipinski definition) is 1. The standard InChI is InChI=1S/C13H25N3O2.2ClH/c1-10-8-11(4-6-15(10)2)16(3)13(17)12-9-14-5-7-18-12;;/h10-12,14H,4-9H2,1-3H3;2*1H. The van der Waals surface area contributed by atoms with E-state index in [-0.39, 0.29) is 36.8 Å². The summed E-state index contributed by atoms with van der Waals surface area (Å²) < 4.78 is 5.54. The van der Waals surface area contributed by atoms with Crippen LogP contribution in [0.2, 0.25) is 0 Å². The predicted molar refractivity (Wildman–Crippen MR) is 85.0 cm³/mol. The van der Waals surface area contributed by atoms with Crippen LogP contribution >= 0.6 is 24.8 Å². The number of ether oxygens (including phenoxy) is 1. The fourth-order valence-corrected chi connectivity index (χ4v) is 2.75. The number of carbonyl (C=O) groups is 1. The summed E-state index contributed by atoms with van der Waals surface area (Å²) in [4.78, 5) is 16.6. The number of halogens is 2. The quantitative estimate of drug-likeness (QED) is 0.813. The van der Waals surface area contributed by atoms with Crippen molar-refractivity contribution in [3.8, 4) is 0 Å². The first kappa shape index (κ1) is 19.9. The van der Waals surface area contributed by atoms with Crippen molar-refractivity contribution in [1.82, 2.24) is 15.1 Å². The van der Waals surface area contributed by atoms with Crippen LogP contribution in [0.1, 0.15) is 19.8 Å². The monoisotopic (exact) mass is 327 g/mol. The third kappa shape index (κ3) is 4.74. The molecular weight excluding hydrogens is 301 g/mol. The average Bonchev–Trinajstić information content (AvgIpc) is 2.41. The molecule has 0 bridgehead atoms. The Morgan fingerprint density at radius 2 is 2.10 bits per heavy atom. The van der Waals surface area contributed by atoms with E-state index in [0.29, 0.717) is 25.2 Å². The molecule has 3 atom stereocenters. The Morgan fingerprint density at radius 3 is 2.65 bits per heavy atom. The highest BCUT2D eigenvalue weighted by Gasteiger charge is 2.32. The summed E-state index contributed by atoms with van der Waals surface area (Å²) in [6.45, 7) is 5.41. The van der Waals surface area contributed by atoms with Gasteiger partial charge in [-0.25, -0.2) is 0 Å². The summed E-state index contributed by atoms with van der Waals surface area (Å²) >= 11 is 0. The Bertz CT molecular complexity index is 301. The highest BCUT2D eigenvalue weighted by molar-refractivity contribution is 5.85. The first-order chi connectivity index (χ1) is 8.59. The molecule has 2 saturated heterocycles. The minimum atomic E-state index is -0.293. The van der Waals surface area contributed by atoms with Crippen molar-refractivity contribution in [3.63, 3.8) is 0 Å². The zero-order valence-corrected chi connectivity index (χ0v) is 14.1. The van der Waals surface area contributed by atoms with E-state index in [0.717, 1.165) is 25.9 Å². The van der Waals surface area contributed by atoms with E-state index in [2.05, 4.69) is 24.2 Å². The molecule has 0 aromatic heterocycles. The van der Waals surface area contributed by atoms with Gasteiger partial charge in [-0.2, -0.15) is 0 Å². The predicted octanol–water partition coefficient (Wildman–Crippen LogP) is 0.759. The highest BCUT2D eigenvalue weighted by atomic mass is 35.5. The van der Waals surface area contributed by atoms with Crippen molar-refractivity contribution in [2.75, 3.05) is 40.3 Å². The second kappa shape index (κ2) is 9.05. The maximum Gasteiger partial charge on any atom is 0.253 e. The molecule has 20 heavy (non-hydrogen) atoms. The molecule has 0 aromatic carbocycles. The lowest BCUT2D eigenvalue weighted by Gasteiger charge is -2.40. The molecule has 0 aromatic rings. The van der Waals surface area contributed by atoms with Crippen LogP contribution in [0.25, 0.3) is 0 Å². The zero-order valence-electron chi connectivity index (χ0n) is 12.5. The van der Waals surface area contributed by atoms with Crippen molar-refractivity contribution in [2.24, 2.45) is 0 Å². The van der Waals surface area contributed by atoms with Gasteiger partial charge in [0.15, 0.2) is 0 Å². The number of piperidine rings is 1. The van der Waals surface area contributed by atoms with Crippen LogP contribution in [0.4, 0.5) is 0 Å². The molecule has 2 aliphatic heterocycles. The Hall–Kier alpha value is -0.0700. The second-order valence-electron chi connectivity index (χ2n) is 5.52. The van der Waals surface area contributed by atoms with Crippen LogP contribution in [0.15, 0.2) is 0 Å². The SMILES string of the molecule is CC1CC(N(C)C(=O)C2CNCCO2)CCN1C.Cl.Cl. The lowest BCUT2D eigenvalue weighted by Crippen LogP contribution is -2.54. The molecule has 3 unspecified atom stereocenters. The summed E-state index contributed by atoms with van der Waals surface area (Å²) in [5.41, 5.74) is 0. The van der Waals surface area contributed by atoms with Crippen molar-refractivity contribution >= 4 is 30.7 Å². The van der Waals surface area contributed by atoms with Gasteiger partial charge in [-0.1, -0.05) is 0 Å². The number of likely N-dealkylation sites (tertiary alicyclic amines) is 1. The molecular formula is C13H27Cl2N3O2. The molecule has 1 amide bonds. The molecule has 2 heterocycles. The molecule has 2 aliphatic rings. The van der Waals surface area contributed by atoms with E-state index in [1.807, 2.05) is 11.9 Å². The number of nitrogens with zero attached hydrogens (tertiary/aromatic N) is 2. The third-order valence-electron chi connectivity index (χ3n) is 4.28. The Morgan fingerprint density at radius 1 is 1.40 bits per heavy atom. The number of carbonyl (C=O) groups excluding carboxylic acids is 1. The molecule has 1 N–H and O–H groups in total. The summed E-state index contributed by atoms with van der Waals surface area (Å²) in [7, 11) is 4.07. The van der Waals surface area contributed by atoms with Crippen LogP contribution < -0.4 is 5.32 Å². The lowest BCUT2D eigenvalue weighted by molar-refractivity contribution is -0.147.